The molecular weight excluding hydrogens is 414 g/mol. The molecule has 3 heterocycles. The fourth-order valence-corrected chi connectivity index (χ4v) is 4.34. The van der Waals surface area contributed by atoms with Gasteiger partial charge in [0.25, 0.3) is 5.56 Å². The van der Waals surface area contributed by atoms with Gasteiger partial charge in [-0.15, -0.1) is 0 Å². The molecule has 1 aliphatic rings. The number of carbonyl (C=O) groups is 1. The molecule has 0 radical (unpaired) electrons. The van der Waals surface area contributed by atoms with Crippen LogP contribution in [0.3, 0.4) is 0 Å². The summed E-state index contributed by atoms with van der Waals surface area (Å²) in [5.74, 6) is 0.0611. The van der Waals surface area contributed by atoms with Crippen LogP contribution in [0.4, 0.5) is 0 Å². The summed E-state index contributed by atoms with van der Waals surface area (Å²) in [5.41, 5.74) is 4.22. The summed E-state index contributed by atoms with van der Waals surface area (Å²) in [4.78, 5) is 35.2. The van der Waals surface area contributed by atoms with E-state index in [1.165, 1.54) is 16.1 Å². The Labute approximate surface area is 191 Å². The summed E-state index contributed by atoms with van der Waals surface area (Å²) in [7, 11) is 0. The van der Waals surface area contributed by atoms with Crippen LogP contribution < -0.4 is 10.9 Å². The number of aromatic nitrogens is 4. The van der Waals surface area contributed by atoms with Gasteiger partial charge in [-0.25, -0.2) is 9.50 Å². The number of H-pyrrole nitrogens is 1. The number of benzene rings is 1. The van der Waals surface area contributed by atoms with E-state index in [1.54, 1.807) is 12.4 Å². The minimum absolute atomic E-state index is 0.00262. The summed E-state index contributed by atoms with van der Waals surface area (Å²) in [6.45, 7) is 6.09. The largest absolute Gasteiger partial charge is 0.347 e. The molecule has 1 fully saturated rings. The fourth-order valence-electron chi connectivity index (χ4n) is 4.34. The Balaban J connectivity index is 1.47. The molecule has 1 aliphatic carbocycles. The van der Waals surface area contributed by atoms with Crippen LogP contribution in [0.2, 0.25) is 0 Å². The van der Waals surface area contributed by atoms with Crippen molar-refractivity contribution in [2.75, 3.05) is 0 Å². The van der Waals surface area contributed by atoms with Crippen LogP contribution in [0, 0.1) is 12.8 Å². The predicted molar refractivity (Wildman–Crippen MR) is 127 cm³/mol. The molecule has 33 heavy (non-hydrogen) atoms. The zero-order valence-corrected chi connectivity index (χ0v) is 19.0. The first-order valence-corrected chi connectivity index (χ1v) is 11.3. The first-order valence-electron chi connectivity index (χ1n) is 11.3. The van der Waals surface area contributed by atoms with Gasteiger partial charge in [-0.1, -0.05) is 43.7 Å². The second-order valence-corrected chi connectivity index (χ2v) is 9.27. The summed E-state index contributed by atoms with van der Waals surface area (Å²) in [6.07, 6.45) is 5.09. The van der Waals surface area contributed by atoms with Crippen LogP contribution in [-0.2, 0) is 10.2 Å². The predicted octanol–water partition coefficient (Wildman–Crippen LogP) is 3.94. The van der Waals surface area contributed by atoms with E-state index in [1.807, 2.05) is 63.2 Å². The smallest absolute Gasteiger partial charge is 0.272 e. The van der Waals surface area contributed by atoms with E-state index in [0.29, 0.717) is 11.3 Å². The number of rotatable bonds is 6. The summed E-state index contributed by atoms with van der Waals surface area (Å²) in [6, 6.07) is 14.9. The molecule has 1 saturated carbocycles. The van der Waals surface area contributed by atoms with Gasteiger partial charge in [0.1, 0.15) is 0 Å². The number of aromatic amines is 1. The van der Waals surface area contributed by atoms with Crippen molar-refractivity contribution < 1.29 is 4.79 Å². The van der Waals surface area contributed by atoms with E-state index >= 15 is 0 Å². The standard InChI is InChI=1S/C26H27N5O2/c1-16(2)24(29-25(33)26(10-11-26)19-8-6-17(3)7-9-19)21-14-23(32)31-22(28-21)13-20(30-31)18-5-4-12-27-15-18/h4-9,12-16,24,30H,10-11H2,1-3H3,(H,29,33). The van der Waals surface area contributed by atoms with Gasteiger partial charge in [-0.05, 0) is 43.4 Å². The Bertz CT molecular complexity index is 1370. The van der Waals surface area contributed by atoms with Gasteiger partial charge in [-0.3, -0.25) is 19.7 Å². The highest BCUT2D eigenvalue weighted by molar-refractivity contribution is 5.91. The Morgan fingerprint density at radius 3 is 2.55 bits per heavy atom. The van der Waals surface area contributed by atoms with Crippen molar-refractivity contribution in [1.82, 2.24) is 24.9 Å². The maximum absolute atomic E-state index is 13.4. The normalized spacial score (nSPS) is 15.5. The number of hydrogen-bond donors (Lipinski definition) is 2. The maximum atomic E-state index is 13.4. The minimum atomic E-state index is -0.485. The molecule has 7 heteroatoms. The van der Waals surface area contributed by atoms with E-state index in [4.69, 9.17) is 4.98 Å². The second kappa shape index (κ2) is 7.99. The number of nitrogens with one attached hydrogen (secondary N) is 2. The average Bonchev–Trinajstić information content (AvgIpc) is 3.50. The highest BCUT2D eigenvalue weighted by Gasteiger charge is 2.51. The van der Waals surface area contributed by atoms with Crippen LogP contribution >= 0.6 is 0 Å². The third-order valence-electron chi connectivity index (χ3n) is 6.50. The van der Waals surface area contributed by atoms with Crippen molar-refractivity contribution in [1.29, 1.82) is 0 Å². The lowest BCUT2D eigenvalue weighted by Gasteiger charge is -2.25. The van der Waals surface area contributed by atoms with Crippen molar-refractivity contribution in [3.05, 3.63) is 88.1 Å². The molecule has 0 saturated heterocycles. The zero-order chi connectivity index (χ0) is 23.2. The van der Waals surface area contributed by atoms with Gasteiger partial charge in [0, 0.05) is 30.1 Å². The van der Waals surface area contributed by atoms with Crippen molar-refractivity contribution in [2.24, 2.45) is 5.92 Å². The maximum Gasteiger partial charge on any atom is 0.272 e. The summed E-state index contributed by atoms with van der Waals surface area (Å²) in [5, 5.41) is 6.30. The van der Waals surface area contributed by atoms with Gasteiger partial charge >= 0.3 is 0 Å². The molecule has 168 valence electrons. The van der Waals surface area contributed by atoms with Crippen LogP contribution in [0.25, 0.3) is 16.9 Å². The number of hydrogen-bond acceptors (Lipinski definition) is 4. The number of aryl methyl sites for hydroxylation is 1. The number of pyridine rings is 1. The van der Waals surface area contributed by atoms with Crippen molar-refractivity contribution in [2.45, 2.75) is 45.1 Å². The molecule has 0 spiro atoms. The molecule has 4 aromatic rings. The van der Waals surface area contributed by atoms with Crippen LogP contribution in [0.15, 0.2) is 65.7 Å². The first-order chi connectivity index (χ1) is 15.9. The molecule has 5 rings (SSSR count). The number of nitrogens with zero attached hydrogens (tertiary/aromatic N) is 3. The van der Waals surface area contributed by atoms with E-state index in [0.717, 1.165) is 29.7 Å². The van der Waals surface area contributed by atoms with Gasteiger partial charge in [-0.2, -0.15) is 0 Å². The molecule has 3 aromatic heterocycles. The first kappa shape index (κ1) is 21.1. The van der Waals surface area contributed by atoms with Crippen LogP contribution in [-0.4, -0.2) is 25.5 Å². The van der Waals surface area contributed by atoms with E-state index < -0.39 is 5.41 Å². The van der Waals surface area contributed by atoms with Gasteiger partial charge in [0.2, 0.25) is 5.91 Å². The highest BCUT2D eigenvalue weighted by Crippen LogP contribution is 2.49. The number of carbonyl (C=O) groups excluding carboxylic acids is 1. The Kier molecular flexibility index (Phi) is 5.12. The minimum Gasteiger partial charge on any atom is -0.347 e. The quantitative estimate of drug-likeness (QED) is 0.474. The van der Waals surface area contributed by atoms with Crippen molar-refractivity contribution >= 4 is 11.6 Å². The molecule has 1 unspecified atom stereocenters. The number of amides is 1. The lowest BCUT2D eigenvalue weighted by molar-refractivity contribution is -0.124. The van der Waals surface area contributed by atoms with Crippen LogP contribution in [0.1, 0.15) is 49.6 Å². The van der Waals surface area contributed by atoms with Gasteiger partial charge < -0.3 is 5.32 Å². The fraction of sp³-hybridized carbons (Fsp3) is 0.308. The summed E-state index contributed by atoms with van der Waals surface area (Å²) >= 11 is 0. The molecule has 1 aromatic carbocycles. The van der Waals surface area contributed by atoms with Crippen molar-refractivity contribution in [3.8, 4) is 11.3 Å². The second-order valence-electron chi connectivity index (χ2n) is 9.27. The van der Waals surface area contributed by atoms with E-state index in [-0.39, 0.29) is 23.4 Å². The topological polar surface area (TPSA) is 92.2 Å². The third-order valence-corrected chi connectivity index (χ3v) is 6.50. The molecule has 1 atom stereocenters. The molecule has 2 N–H and O–H groups in total. The monoisotopic (exact) mass is 441 g/mol. The zero-order valence-electron chi connectivity index (χ0n) is 19.0. The SMILES string of the molecule is Cc1ccc(C2(C(=O)NC(c3cc(=O)n4[nH]c(-c5cccnc5)cc4n3)C(C)C)CC2)cc1. The molecular formula is C26H27N5O2. The molecule has 0 aliphatic heterocycles. The van der Waals surface area contributed by atoms with Gasteiger partial charge in [0.05, 0.1) is 22.8 Å². The molecule has 0 bridgehead atoms. The lowest BCUT2D eigenvalue weighted by Crippen LogP contribution is -2.40. The van der Waals surface area contributed by atoms with Crippen LogP contribution in [0.5, 0.6) is 0 Å². The Hall–Kier alpha value is -3.74. The van der Waals surface area contributed by atoms with Crippen molar-refractivity contribution in [3.63, 3.8) is 0 Å². The molecule has 1 amide bonds. The highest BCUT2D eigenvalue weighted by atomic mass is 16.2. The number of fused-ring (bicyclic) bond motifs is 1. The Morgan fingerprint density at radius 2 is 1.91 bits per heavy atom. The van der Waals surface area contributed by atoms with Gasteiger partial charge in [0.15, 0.2) is 5.65 Å². The van der Waals surface area contributed by atoms with E-state index in [9.17, 15) is 9.59 Å². The van der Waals surface area contributed by atoms with E-state index in [2.05, 4.69) is 15.4 Å². The average molecular weight is 442 g/mol. The third kappa shape index (κ3) is 3.84. The molecule has 7 nitrogen and oxygen atoms in total. The summed E-state index contributed by atoms with van der Waals surface area (Å²) < 4.78 is 1.42. The lowest BCUT2D eigenvalue weighted by atomic mass is 9.92. The Morgan fingerprint density at radius 1 is 1.15 bits per heavy atom.